The van der Waals surface area contributed by atoms with Crippen molar-refractivity contribution in [3.63, 3.8) is 0 Å². The van der Waals surface area contributed by atoms with Crippen molar-refractivity contribution in [1.29, 1.82) is 0 Å². The van der Waals surface area contributed by atoms with Gasteiger partial charge in [0.05, 0.1) is 17.4 Å². The summed E-state index contributed by atoms with van der Waals surface area (Å²) in [6.07, 6.45) is 6.96. The van der Waals surface area contributed by atoms with Gasteiger partial charge < -0.3 is 14.2 Å². The average molecular weight is 411 g/mol. The number of fused-ring (bicyclic) bond motifs is 1. The fourth-order valence-corrected chi connectivity index (χ4v) is 6.23. The summed E-state index contributed by atoms with van der Waals surface area (Å²) in [5, 5.41) is 0. The van der Waals surface area contributed by atoms with Gasteiger partial charge in [0.15, 0.2) is 0 Å². The first-order chi connectivity index (χ1) is 14.4. The van der Waals surface area contributed by atoms with E-state index in [9.17, 15) is 4.79 Å². The molecule has 162 valence electrons. The van der Waals surface area contributed by atoms with Crippen LogP contribution in [-0.2, 0) is 25.6 Å². The van der Waals surface area contributed by atoms with Crippen LogP contribution in [0.25, 0.3) is 0 Å². The summed E-state index contributed by atoms with van der Waals surface area (Å²) in [6, 6.07) is 10.2. The quantitative estimate of drug-likeness (QED) is 0.340. The summed E-state index contributed by atoms with van der Waals surface area (Å²) in [6.45, 7) is 7.82. The minimum atomic E-state index is -1.25. The summed E-state index contributed by atoms with van der Waals surface area (Å²) in [5.74, 6) is -0.606. The highest BCUT2D eigenvalue weighted by Crippen LogP contribution is 2.68. The third kappa shape index (κ3) is 2.80. The highest BCUT2D eigenvalue weighted by atomic mass is 16.7. The Balaban J connectivity index is 1.67. The van der Waals surface area contributed by atoms with Gasteiger partial charge in [-0.15, -0.1) is 0 Å². The Labute approximate surface area is 180 Å². The van der Waals surface area contributed by atoms with E-state index in [2.05, 4.69) is 45.1 Å². The molecule has 0 amide bonds. The van der Waals surface area contributed by atoms with E-state index in [1.807, 2.05) is 18.2 Å². The van der Waals surface area contributed by atoms with Crippen molar-refractivity contribution in [3.05, 3.63) is 59.2 Å². The molecule has 4 heteroatoms. The second-order valence-electron chi connectivity index (χ2n) is 9.41. The third-order valence-corrected chi connectivity index (χ3v) is 7.75. The minimum absolute atomic E-state index is 0.0668. The minimum Gasteiger partial charge on any atom is -0.377 e. The Morgan fingerprint density at radius 2 is 1.80 bits per heavy atom. The Morgan fingerprint density at radius 1 is 1.10 bits per heavy atom. The number of carbonyl (C=O) groups is 1. The monoisotopic (exact) mass is 410 g/mol. The van der Waals surface area contributed by atoms with E-state index in [1.165, 1.54) is 16.7 Å². The van der Waals surface area contributed by atoms with Gasteiger partial charge in [0.25, 0.3) is 0 Å². The molecule has 1 aromatic rings. The van der Waals surface area contributed by atoms with Crippen LogP contribution in [0.15, 0.2) is 53.6 Å². The third-order valence-electron chi connectivity index (χ3n) is 7.75. The molecular weight excluding hydrogens is 376 g/mol. The first-order valence-corrected chi connectivity index (χ1v) is 11.1. The first-order valence-electron chi connectivity index (χ1n) is 11.1. The van der Waals surface area contributed by atoms with E-state index in [0.29, 0.717) is 19.1 Å². The number of rotatable bonds is 8. The van der Waals surface area contributed by atoms with Crippen molar-refractivity contribution in [2.24, 2.45) is 22.7 Å². The van der Waals surface area contributed by atoms with Gasteiger partial charge in [-0.05, 0) is 49.2 Å². The zero-order chi connectivity index (χ0) is 21.6. The Hall–Kier alpha value is -1.75. The maximum absolute atomic E-state index is 13.8. The molecule has 1 fully saturated rings. The van der Waals surface area contributed by atoms with Crippen molar-refractivity contribution in [2.75, 3.05) is 20.8 Å². The molecule has 1 saturated carbocycles. The molecule has 1 spiro atoms. The molecule has 30 heavy (non-hydrogen) atoms. The second-order valence-corrected chi connectivity index (χ2v) is 9.41. The van der Waals surface area contributed by atoms with Crippen LogP contribution in [0.1, 0.15) is 45.6 Å². The molecule has 4 nitrogen and oxygen atoms in total. The van der Waals surface area contributed by atoms with Crippen molar-refractivity contribution in [3.8, 4) is 0 Å². The molecule has 1 aromatic carbocycles. The predicted octanol–water partition coefficient (Wildman–Crippen LogP) is 5.09. The number of hydrogen-bond donors (Lipinski definition) is 0. The molecule has 5 rings (SSSR count). The normalized spacial score (nSPS) is 31.7. The van der Waals surface area contributed by atoms with Crippen LogP contribution < -0.4 is 0 Å². The number of ether oxygens (including phenoxy) is 3. The molecule has 0 heterocycles. The Bertz CT molecular complexity index is 864. The largest absolute Gasteiger partial charge is 0.377 e. The summed E-state index contributed by atoms with van der Waals surface area (Å²) in [5.41, 5.74) is 2.78. The molecule has 0 aromatic heterocycles. The average Bonchev–Trinajstić information content (AvgIpc) is 3.15. The maximum atomic E-state index is 13.8. The lowest BCUT2D eigenvalue weighted by atomic mass is 9.47. The van der Waals surface area contributed by atoms with Gasteiger partial charge in [-0.25, -0.2) is 0 Å². The van der Waals surface area contributed by atoms with Gasteiger partial charge in [-0.2, -0.15) is 0 Å². The molecule has 0 N–H and O–H groups in total. The standard InChI is InChI=1S/C26H34O4/c1-18(2)20-11-13-25-15-14-24(3,26(28-4,29-5)23(25)27)21(22(20)25)12-16-30-17-19-9-7-6-8-10-19/h6-10,14-15,18,21H,11-13,16-17H2,1-5H3/t21-,24+,25-/m1/s1. The van der Waals surface area contributed by atoms with Crippen LogP contribution in [0, 0.1) is 22.7 Å². The fourth-order valence-electron chi connectivity index (χ4n) is 6.23. The van der Waals surface area contributed by atoms with Crippen LogP contribution in [0.4, 0.5) is 0 Å². The van der Waals surface area contributed by atoms with Gasteiger partial charge in [0, 0.05) is 20.8 Å². The highest BCUT2D eigenvalue weighted by molar-refractivity contribution is 6.00. The zero-order valence-electron chi connectivity index (χ0n) is 18.9. The summed E-state index contributed by atoms with van der Waals surface area (Å²) in [4.78, 5) is 13.8. The van der Waals surface area contributed by atoms with Crippen LogP contribution in [-0.4, -0.2) is 32.4 Å². The topological polar surface area (TPSA) is 44.8 Å². The number of allylic oxidation sites excluding steroid dienone is 3. The molecule has 3 atom stereocenters. The van der Waals surface area contributed by atoms with Gasteiger partial charge in [-0.3, -0.25) is 4.79 Å². The summed E-state index contributed by atoms with van der Waals surface area (Å²) in [7, 11) is 3.20. The molecule has 0 unspecified atom stereocenters. The SMILES string of the molecule is COC1(OC)C(=O)[C@]23C=C[C@@]1(C)[C@H](CCOCc1ccccc1)C2=C(C(C)C)CC3. The number of Topliss-reactive ketones (excluding diaryl/α,β-unsaturated/α-hetero) is 1. The van der Waals surface area contributed by atoms with Gasteiger partial charge in [0.2, 0.25) is 11.6 Å². The number of methoxy groups -OCH3 is 2. The van der Waals surface area contributed by atoms with E-state index in [-0.39, 0.29) is 11.7 Å². The van der Waals surface area contributed by atoms with Gasteiger partial charge in [-0.1, -0.05) is 61.9 Å². The van der Waals surface area contributed by atoms with E-state index >= 15 is 0 Å². The van der Waals surface area contributed by atoms with Gasteiger partial charge in [0.1, 0.15) is 0 Å². The Kier molecular flexibility index (Phi) is 5.54. The number of hydrogen-bond acceptors (Lipinski definition) is 4. The molecule has 4 aliphatic carbocycles. The van der Waals surface area contributed by atoms with Crippen LogP contribution >= 0.6 is 0 Å². The van der Waals surface area contributed by atoms with Crippen molar-refractivity contribution >= 4 is 5.78 Å². The van der Waals surface area contributed by atoms with E-state index in [1.54, 1.807) is 14.2 Å². The summed E-state index contributed by atoms with van der Waals surface area (Å²) < 4.78 is 17.9. The lowest BCUT2D eigenvalue weighted by molar-refractivity contribution is -0.270. The molecule has 0 saturated heterocycles. The second kappa shape index (κ2) is 7.74. The fraction of sp³-hybridized carbons (Fsp3) is 0.577. The van der Waals surface area contributed by atoms with Crippen LogP contribution in [0.3, 0.4) is 0 Å². The lowest BCUT2D eigenvalue weighted by Gasteiger charge is -2.60. The van der Waals surface area contributed by atoms with Gasteiger partial charge >= 0.3 is 0 Å². The van der Waals surface area contributed by atoms with Crippen LogP contribution in [0.5, 0.6) is 0 Å². The lowest BCUT2D eigenvalue weighted by Crippen LogP contribution is -2.69. The molecule has 4 aliphatic rings. The van der Waals surface area contributed by atoms with Crippen molar-refractivity contribution < 1.29 is 19.0 Å². The molecular formula is C26H34O4. The van der Waals surface area contributed by atoms with Crippen LogP contribution in [0.2, 0.25) is 0 Å². The summed E-state index contributed by atoms with van der Waals surface area (Å²) >= 11 is 0. The van der Waals surface area contributed by atoms with E-state index in [0.717, 1.165) is 19.3 Å². The number of carbonyl (C=O) groups excluding carboxylic acids is 1. The van der Waals surface area contributed by atoms with E-state index in [4.69, 9.17) is 14.2 Å². The Morgan fingerprint density at radius 3 is 2.43 bits per heavy atom. The van der Waals surface area contributed by atoms with Crippen molar-refractivity contribution in [2.45, 2.75) is 52.4 Å². The molecule has 2 bridgehead atoms. The predicted molar refractivity (Wildman–Crippen MR) is 117 cm³/mol. The maximum Gasteiger partial charge on any atom is 0.239 e. The first kappa shape index (κ1) is 21.5. The molecule has 0 radical (unpaired) electrons. The zero-order valence-corrected chi connectivity index (χ0v) is 18.9. The van der Waals surface area contributed by atoms with E-state index < -0.39 is 16.6 Å². The highest BCUT2D eigenvalue weighted by Gasteiger charge is 2.72. The molecule has 0 aliphatic heterocycles. The smallest absolute Gasteiger partial charge is 0.239 e. The van der Waals surface area contributed by atoms with Crippen molar-refractivity contribution in [1.82, 2.24) is 0 Å². The number of benzene rings is 1. The number of ketones is 1.